The summed E-state index contributed by atoms with van der Waals surface area (Å²) in [4.78, 5) is 10.5. The van der Waals surface area contributed by atoms with E-state index in [2.05, 4.69) is 25.1 Å². The Labute approximate surface area is 146 Å². The first-order valence-corrected chi connectivity index (χ1v) is 8.50. The topological polar surface area (TPSA) is 57.7 Å². The minimum absolute atomic E-state index is 0.231. The number of rotatable bonds is 8. The highest BCUT2D eigenvalue weighted by atomic mass is 19.1. The van der Waals surface area contributed by atoms with Gasteiger partial charge in [0.1, 0.15) is 11.6 Å². The highest BCUT2D eigenvalue weighted by Crippen LogP contribution is 2.19. The van der Waals surface area contributed by atoms with Gasteiger partial charge in [-0.3, -0.25) is 10.1 Å². The van der Waals surface area contributed by atoms with Gasteiger partial charge in [-0.05, 0) is 49.6 Å². The average molecular weight is 339 g/mol. The zero-order valence-electron chi connectivity index (χ0n) is 14.3. The summed E-state index contributed by atoms with van der Waals surface area (Å²) >= 11 is 0. The van der Waals surface area contributed by atoms with Gasteiger partial charge in [0.25, 0.3) is 0 Å². The van der Waals surface area contributed by atoms with Crippen molar-refractivity contribution >= 4 is 5.82 Å². The zero-order valence-corrected chi connectivity index (χ0v) is 14.3. The van der Waals surface area contributed by atoms with Gasteiger partial charge in [0.2, 0.25) is 0 Å². The SMILES string of the molecule is CN(CCCCCc1cc(-c2ccc(F)cc2)n[nH]1)c1cnccn1. The molecule has 0 atom stereocenters. The second-order valence-electron chi connectivity index (χ2n) is 6.08. The summed E-state index contributed by atoms with van der Waals surface area (Å²) in [6, 6.07) is 8.45. The van der Waals surface area contributed by atoms with Crippen LogP contribution in [0.4, 0.5) is 10.2 Å². The smallest absolute Gasteiger partial charge is 0.146 e. The minimum Gasteiger partial charge on any atom is -0.358 e. The number of hydrogen-bond acceptors (Lipinski definition) is 4. The summed E-state index contributed by atoms with van der Waals surface area (Å²) in [5, 5.41) is 7.38. The number of benzene rings is 1. The van der Waals surface area contributed by atoms with E-state index in [-0.39, 0.29) is 5.82 Å². The Hall–Kier alpha value is -2.76. The molecule has 0 spiro atoms. The van der Waals surface area contributed by atoms with Crippen molar-refractivity contribution in [3.8, 4) is 11.3 Å². The van der Waals surface area contributed by atoms with Gasteiger partial charge < -0.3 is 4.90 Å². The molecule has 5 nitrogen and oxygen atoms in total. The Morgan fingerprint density at radius 2 is 1.92 bits per heavy atom. The van der Waals surface area contributed by atoms with Gasteiger partial charge in [0.05, 0.1) is 11.9 Å². The first-order chi connectivity index (χ1) is 12.2. The van der Waals surface area contributed by atoms with Gasteiger partial charge in [0, 0.05) is 37.2 Å². The van der Waals surface area contributed by atoms with Crippen LogP contribution < -0.4 is 4.90 Å². The minimum atomic E-state index is -0.231. The number of aromatic nitrogens is 4. The van der Waals surface area contributed by atoms with E-state index in [9.17, 15) is 4.39 Å². The maximum atomic E-state index is 13.0. The van der Waals surface area contributed by atoms with Crippen LogP contribution in [0.5, 0.6) is 0 Å². The predicted molar refractivity (Wildman–Crippen MR) is 96.8 cm³/mol. The van der Waals surface area contributed by atoms with Crippen LogP contribution in [-0.2, 0) is 6.42 Å². The molecule has 0 radical (unpaired) electrons. The molecule has 3 aromatic rings. The quantitative estimate of drug-likeness (QED) is 0.633. The standard InChI is InChI=1S/C19H22FN5/c1-25(19-14-21-10-11-22-19)12-4-2-3-5-17-13-18(24-23-17)15-6-8-16(20)9-7-15/h6-11,13-14H,2-5,12H2,1H3,(H,23,24). The molecule has 0 amide bonds. The van der Waals surface area contributed by atoms with Crippen LogP contribution in [0, 0.1) is 5.82 Å². The summed E-state index contributed by atoms with van der Waals surface area (Å²) in [5.74, 6) is 0.672. The van der Waals surface area contributed by atoms with Crippen molar-refractivity contribution in [2.75, 3.05) is 18.5 Å². The predicted octanol–water partition coefficient (Wildman–Crippen LogP) is 3.86. The third-order valence-corrected chi connectivity index (χ3v) is 4.15. The van der Waals surface area contributed by atoms with E-state index in [0.29, 0.717) is 0 Å². The van der Waals surface area contributed by atoms with E-state index < -0.39 is 0 Å². The maximum absolute atomic E-state index is 13.0. The average Bonchev–Trinajstić information content (AvgIpc) is 3.11. The number of hydrogen-bond donors (Lipinski definition) is 1. The van der Waals surface area contributed by atoms with Gasteiger partial charge in [-0.2, -0.15) is 5.10 Å². The molecule has 0 bridgehead atoms. The highest BCUT2D eigenvalue weighted by molar-refractivity contribution is 5.58. The molecule has 1 aromatic carbocycles. The number of unbranched alkanes of at least 4 members (excludes halogenated alkanes) is 2. The van der Waals surface area contributed by atoms with Crippen molar-refractivity contribution in [1.29, 1.82) is 0 Å². The van der Waals surface area contributed by atoms with Crippen molar-refractivity contribution in [3.63, 3.8) is 0 Å². The number of H-pyrrole nitrogens is 1. The van der Waals surface area contributed by atoms with Gasteiger partial charge in [-0.15, -0.1) is 0 Å². The molecule has 0 unspecified atom stereocenters. The van der Waals surface area contributed by atoms with Crippen LogP contribution in [0.2, 0.25) is 0 Å². The fourth-order valence-corrected chi connectivity index (χ4v) is 2.70. The summed E-state index contributed by atoms with van der Waals surface area (Å²) in [6.07, 6.45) is 9.47. The largest absolute Gasteiger partial charge is 0.358 e. The summed E-state index contributed by atoms with van der Waals surface area (Å²) in [5.41, 5.74) is 2.90. The normalized spacial score (nSPS) is 10.8. The van der Waals surface area contributed by atoms with E-state index >= 15 is 0 Å². The second-order valence-corrected chi connectivity index (χ2v) is 6.08. The Balaban J connectivity index is 1.40. The number of nitrogens with zero attached hydrogens (tertiary/aromatic N) is 4. The monoisotopic (exact) mass is 339 g/mol. The number of anilines is 1. The molecule has 0 fully saturated rings. The Bertz CT molecular complexity index is 770. The van der Waals surface area contributed by atoms with Gasteiger partial charge in [-0.1, -0.05) is 6.42 Å². The first-order valence-electron chi connectivity index (χ1n) is 8.50. The molecule has 130 valence electrons. The van der Waals surface area contributed by atoms with E-state index in [0.717, 1.165) is 55.0 Å². The second kappa shape index (κ2) is 8.37. The highest BCUT2D eigenvalue weighted by Gasteiger charge is 2.05. The summed E-state index contributed by atoms with van der Waals surface area (Å²) in [7, 11) is 2.04. The molecule has 1 N–H and O–H groups in total. The number of nitrogens with one attached hydrogen (secondary N) is 1. The first kappa shape index (κ1) is 17.1. The molecule has 25 heavy (non-hydrogen) atoms. The molecule has 0 aliphatic rings. The molecule has 0 aliphatic heterocycles. The summed E-state index contributed by atoms with van der Waals surface area (Å²) in [6.45, 7) is 0.961. The molecular weight excluding hydrogens is 317 g/mol. The van der Waals surface area contributed by atoms with Crippen molar-refractivity contribution < 1.29 is 4.39 Å². The molecule has 2 aromatic heterocycles. The third kappa shape index (κ3) is 4.86. The van der Waals surface area contributed by atoms with Crippen LogP contribution in [0.15, 0.2) is 48.9 Å². The third-order valence-electron chi connectivity index (χ3n) is 4.15. The maximum Gasteiger partial charge on any atom is 0.146 e. The zero-order chi connectivity index (χ0) is 17.5. The molecule has 0 saturated carbocycles. The number of aryl methyl sites for hydroxylation is 1. The lowest BCUT2D eigenvalue weighted by Gasteiger charge is -2.16. The molecular formula is C19H22FN5. The molecule has 2 heterocycles. The summed E-state index contributed by atoms with van der Waals surface area (Å²) < 4.78 is 13.0. The van der Waals surface area contributed by atoms with Crippen molar-refractivity contribution in [2.45, 2.75) is 25.7 Å². The number of halogens is 1. The van der Waals surface area contributed by atoms with E-state index in [1.807, 2.05) is 13.1 Å². The van der Waals surface area contributed by atoms with Crippen LogP contribution in [0.1, 0.15) is 25.0 Å². The van der Waals surface area contributed by atoms with Crippen molar-refractivity contribution in [2.24, 2.45) is 0 Å². The fraction of sp³-hybridized carbons (Fsp3) is 0.316. The van der Waals surface area contributed by atoms with Crippen molar-refractivity contribution in [3.05, 3.63) is 60.4 Å². The molecule has 0 saturated heterocycles. The lowest BCUT2D eigenvalue weighted by atomic mass is 10.1. The van der Waals surface area contributed by atoms with E-state index in [4.69, 9.17) is 0 Å². The van der Waals surface area contributed by atoms with Crippen LogP contribution >= 0.6 is 0 Å². The Morgan fingerprint density at radius 3 is 2.68 bits per heavy atom. The van der Waals surface area contributed by atoms with Crippen molar-refractivity contribution in [1.82, 2.24) is 20.2 Å². The molecule has 3 rings (SSSR count). The van der Waals surface area contributed by atoms with E-state index in [1.165, 1.54) is 12.1 Å². The van der Waals surface area contributed by atoms with Crippen LogP contribution in [0.25, 0.3) is 11.3 Å². The van der Waals surface area contributed by atoms with Gasteiger partial charge in [-0.25, -0.2) is 9.37 Å². The fourth-order valence-electron chi connectivity index (χ4n) is 2.70. The van der Waals surface area contributed by atoms with Gasteiger partial charge in [0.15, 0.2) is 0 Å². The van der Waals surface area contributed by atoms with Crippen LogP contribution in [0.3, 0.4) is 0 Å². The lowest BCUT2D eigenvalue weighted by Crippen LogP contribution is -2.19. The number of aromatic amines is 1. The molecule has 6 heteroatoms. The Kier molecular flexibility index (Phi) is 5.72. The van der Waals surface area contributed by atoms with Gasteiger partial charge >= 0.3 is 0 Å². The Morgan fingerprint density at radius 1 is 1.08 bits per heavy atom. The van der Waals surface area contributed by atoms with E-state index in [1.54, 1.807) is 30.7 Å². The molecule has 0 aliphatic carbocycles. The lowest BCUT2D eigenvalue weighted by molar-refractivity contribution is 0.628. The van der Waals surface area contributed by atoms with Crippen LogP contribution in [-0.4, -0.2) is 33.8 Å².